The van der Waals surface area contributed by atoms with Crippen LogP contribution in [-0.2, 0) is 6.54 Å². The smallest absolute Gasteiger partial charge is 0.162 e. The Kier molecular flexibility index (Phi) is 2.51. The monoisotopic (exact) mass is 243 g/mol. The largest absolute Gasteiger partial charge is 0.493 e. The van der Waals surface area contributed by atoms with Crippen molar-refractivity contribution in [3.8, 4) is 11.5 Å². The third kappa shape index (κ3) is 1.64. The molecular formula is C13H13N3O2. The van der Waals surface area contributed by atoms with Crippen LogP contribution in [0, 0.1) is 0 Å². The first-order valence-electron chi connectivity index (χ1n) is 5.62. The Morgan fingerprint density at radius 2 is 1.94 bits per heavy atom. The zero-order chi connectivity index (χ0) is 12.5. The first-order valence-corrected chi connectivity index (χ1v) is 5.62. The van der Waals surface area contributed by atoms with E-state index in [1.807, 2.05) is 22.9 Å². The molecule has 0 N–H and O–H groups in total. The molecule has 5 nitrogen and oxygen atoms in total. The maximum Gasteiger partial charge on any atom is 0.162 e. The number of hydrogen-bond acceptors (Lipinski definition) is 4. The minimum atomic E-state index is 0.688. The van der Waals surface area contributed by atoms with Gasteiger partial charge < -0.3 is 14.0 Å². The fraction of sp³-hybridized carbons (Fsp3) is 0.231. The summed E-state index contributed by atoms with van der Waals surface area (Å²) in [5, 5.41) is 0. The second-order valence-corrected chi connectivity index (χ2v) is 4.01. The Balaban J connectivity index is 2.13. The number of rotatable bonds is 2. The van der Waals surface area contributed by atoms with Crippen molar-refractivity contribution < 1.29 is 9.47 Å². The van der Waals surface area contributed by atoms with Gasteiger partial charge in [0.2, 0.25) is 0 Å². The van der Waals surface area contributed by atoms with Gasteiger partial charge in [0.1, 0.15) is 0 Å². The van der Waals surface area contributed by atoms with E-state index in [2.05, 4.69) is 9.98 Å². The summed E-state index contributed by atoms with van der Waals surface area (Å²) in [4.78, 5) is 8.68. The van der Waals surface area contributed by atoms with Crippen LogP contribution >= 0.6 is 0 Å². The van der Waals surface area contributed by atoms with Gasteiger partial charge in [0.05, 0.1) is 32.7 Å². The minimum Gasteiger partial charge on any atom is -0.493 e. The molecule has 3 rings (SSSR count). The van der Waals surface area contributed by atoms with Crippen molar-refractivity contribution in [2.75, 3.05) is 14.2 Å². The molecule has 0 fully saturated rings. The van der Waals surface area contributed by atoms with Crippen molar-refractivity contribution in [1.82, 2.24) is 9.55 Å². The second-order valence-electron chi connectivity index (χ2n) is 4.01. The van der Waals surface area contributed by atoms with Crippen LogP contribution in [0.3, 0.4) is 0 Å². The van der Waals surface area contributed by atoms with E-state index in [1.54, 1.807) is 26.6 Å². The molecule has 1 aromatic carbocycles. The number of aromatic nitrogens is 2. The average molecular weight is 243 g/mol. The van der Waals surface area contributed by atoms with Crippen molar-refractivity contribution in [2.45, 2.75) is 6.54 Å². The zero-order valence-electron chi connectivity index (χ0n) is 10.3. The fourth-order valence-corrected chi connectivity index (χ4v) is 2.05. The van der Waals surface area contributed by atoms with Gasteiger partial charge in [-0.1, -0.05) is 0 Å². The molecule has 0 saturated carbocycles. The summed E-state index contributed by atoms with van der Waals surface area (Å²) >= 11 is 0. The number of nitrogens with zero attached hydrogens (tertiary/aromatic N) is 3. The highest BCUT2D eigenvalue weighted by Crippen LogP contribution is 2.36. The van der Waals surface area contributed by atoms with E-state index in [0.717, 1.165) is 29.4 Å². The second kappa shape index (κ2) is 4.18. The van der Waals surface area contributed by atoms with Crippen LogP contribution in [0.4, 0.5) is 5.69 Å². The van der Waals surface area contributed by atoms with E-state index in [4.69, 9.17) is 9.47 Å². The summed E-state index contributed by atoms with van der Waals surface area (Å²) in [6.07, 6.45) is 5.47. The normalized spacial score (nSPS) is 12.6. The van der Waals surface area contributed by atoms with Crippen LogP contribution in [0.15, 0.2) is 29.5 Å². The van der Waals surface area contributed by atoms with Crippen LogP contribution in [0.25, 0.3) is 0 Å². The Bertz CT molecular complexity index is 617. The van der Waals surface area contributed by atoms with Crippen molar-refractivity contribution in [1.29, 1.82) is 0 Å². The zero-order valence-corrected chi connectivity index (χ0v) is 10.3. The van der Waals surface area contributed by atoms with Crippen molar-refractivity contribution in [3.05, 3.63) is 35.9 Å². The van der Waals surface area contributed by atoms with Gasteiger partial charge in [-0.15, -0.1) is 0 Å². The predicted octanol–water partition coefficient (Wildman–Crippen LogP) is 2.01. The SMILES string of the molecule is COc1cc2c(cc1OC)N=Cc1nccn1C2. The van der Waals surface area contributed by atoms with Crippen molar-refractivity contribution in [3.63, 3.8) is 0 Å². The van der Waals surface area contributed by atoms with E-state index in [9.17, 15) is 0 Å². The Morgan fingerprint density at radius 1 is 1.17 bits per heavy atom. The predicted molar refractivity (Wildman–Crippen MR) is 68.1 cm³/mol. The minimum absolute atomic E-state index is 0.688. The lowest BCUT2D eigenvalue weighted by atomic mass is 10.1. The molecule has 1 aliphatic rings. The number of methoxy groups -OCH3 is 2. The van der Waals surface area contributed by atoms with Gasteiger partial charge in [0.15, 0.2) is 17.3 Å². The quantitative estimate of drug-likeness (QED) is 0.691. The summed E-state index contributed by atoms with van der Waals surface area (Å²) in [6.45, 7) is 0.727. The van der Waals surface area contributed by atoms with Crippen molar-refractivity contribution >= 4 is 11.9 Å². The number of aliphatic imine (C=N–C) groups is 1. The molecule has 0 spiro atoms. The molecular weight excluding hydrogens is 230 g/mol. The van der Waals surface area contributed by atoms with Crippen molar-refractivity contribution in [2.24, 2.45) is 4.99 Å². The molecule has 1 aliphatic heterocycles. The standard InChI is InChI=1S/C13H13N3O2/c1-17-11-5-9-8-16-4-3-14-13(16)7-15-10(9)6-12(11)18-2/h3-7H,8H2,1-2H3. The summed E-state index contributed by atoms with van der Waals surface area (Å²) in [5.41, 5.74) is 1.97. The number of fused-ring (bicyclic) bond motifs is 2. The third-order valence-electron chi connectivity index (χ3n) is 2.99. The molecule has 0 saturated heterocycles. The van der Waals surface area contributed by atoms with E-state index in [0.29, 0.717) is 5.75 Å². The topological polar surface area (TPSA) is 48.6 Å². The maximum atomic E-state index is 5.31. The van der Waals surface area contributed by atoms with Gasteiger partial charge in [0, 0.05) is 24.0 Å². The average Bonchev–Trinajstić information content (AvgIpc) is 2.77. The molecule has 92 valence electrons. The molecule has 0 bridgehead atoms. The molecule has 2 aromatic rings. The highest BCUT2D eigenvalue weighted by atomic mass is 16.5. The van der Waals surface area contributed by atoms with Gasteiger partial charge in [-0.05, 0) is 6.07 Å². The number of benzene rings is 1. The summed E-state index contributed by atoms with van der Waals surface area (Å²) in [5.74, 6) is 2.26. The number of ether oxygens (including phenoxy) is 2. The van der Waals surface area contributed by atoms with Gasteiger partial charge in [-0.25, -0.2) is 4.98 Å². The fourth-order valence-electron chi connectivity index (χ4n) is 2.05. The maximum absolute atomic E-state index is 5.31. The van der Waals surface area contributed by atoms with Gasteiger partial charge in [-0.3, -0.25) is 4.99 Å². The van der Waals surface area contributed by atoms with Crippen LogP contribution in [-0.4, -0.2) is 30.0 Å². The molecule has 18 heavy (non-hydrogen) atoms. The van der Waals surface area contributed by atoms with E-state index < -0.39 is 0 Å². The first-order chi connectivity index (χ1) is 8.81. The number of imidazole rings is 1. The van der Waals surface area contributed by atoms with Gasteiger partial charge >= 0.3 is 0 Å². The molecule has 2 heterocycles. The lowest BCUT2D eigenvalue weighted by Crippen LogP contribution is -2.02. The van der Waals surface area contributed by atoms with E-state index >= 15 is 0 Å². The Labute approximate surface area is 105 Å². The van der Waals surface area contributed by atoms with Crippen LogP contribution in [0.2, 0.25) is 0 Å². The number of hydrogen-bond donors (Lipinski definition) is 0. The molecule has 0 amide bonds. The molecule has 0 atom stereocenters. The summed E-state index contributed by atoms with van der Waals surface area (Å²) in [6, 6.07) is 3.84. The highest BCUT2D eigenvalue weighted by Gasteiger charge is 2.14. The first kappa shape index (κ1) is 10.8. The molecule has 5 heteroatoms. The van der Waals surface area contributed by atoms with E-state index in [-0.39, 0.29) is 0 Å². The van der Waals surface area contributed by atoms with Crippen LogP contribution < -0.4 is 9.47 Å². The molecule has 0 unspecified atom stereocenters. The molecule has 0 radical (unpaired) electrons. The summed E-state index contributed by atoms with van der Waals surface area (Å²) < 4.78 is 12.6. The van der Waals surface area contributed by atoms with Crippen LogP contribution in [0.5, 0.6) is 11.5 Å². The lowest BCUT2D eigenvalue weighted by molar-refractivity contribution is 0.354. The third-order valence-corrected chi connectivity index (χ3v) is 2.99. The van der Waals surface area contributed by atoms with Crippen LogP contribution in [0.1, 0.15) is 11.4 Å². The van der Waals surface area contributed by atoms with E-state index in [1.165, 1.54) is 0 Å². The van der Waals surface area contributed by atoms with Gasteiger partial charge in [-0.2, -0.15) is 0 Å². The Hall–Kier alpha value is -2.30. The summed E-state index contributed by atoms with van der Waals surface area (Å²) in [7, 11) is 3.25. The molecule has 0 aliphatic carbocycles. The lowest BCUT2D eigenvalue weighted by Gasteiger charge is -2.11. The molecule has 1 aromatic heterocycles. The Morgan fingerprint density at radius 3 is 2.72 bits per heavy atom. The highest BCUT2D eigenvalue weighted by molar-refractivity contribution is 5.80. The van der Waals surface area contributed by atoms with Gasteiger partial charge in [0.25, 0.3) is 0 Å².